The number of nitrogens with zero attached hydrogens (tertiary/aromatic N) is 11. The molecule has 0 saturated heterocycles. The maximum atomic E-state index is 5.93. The highest BCUT2D eigenvalue weighted by Crippen LogP contribution is 2.47. The lowest BCUT2D eigenvalue weighted by Gasteiger charge is -2.23. The van der Waals surface area contributed by atoms with Crippen molar-refractivity contribution in [1.82, 2.24) is 30.4 Å². The third-order valence-electron chi connectivity index (χ3n) is 15.3. The van der Waals surface area contributed by atoms with E-state index in [0.29, 0.717) is 41.3 Å². The first kappa shape index (κ1) is 60.2. The minimum atomic E-state index is -0.634. The number of nitrogens with one attached hydrogen (secondary N) is 9. The highest BCUT2D eigenvalue weighted by molar-refractivity contribution is 6.25. The first-order valence-corrected chi connectivity index (χ1v) is 31.7. The molecule has 0 radical (unpaired) electrons. The molecule has 0 amide bonds. The van der Waals surface area contributed by atoms with Crippen LogP contribution in [0, 0.1) is 0 Å². The lowest BCUT2D eigenvalue weighted by atomic mass is 10.1. The molecule has 20 nitrogen and oxygen atoms in total. The van der Waals surface area contributed by atoms with Gasteiger partial charge in [0.1, 0.15) is 28.4 Å². The van der Waals surface area contributed by atoms with E-state index >= 15 is 0 Å². The SMILES string of the molecule is CC(C)N=C(Nc1ccc2c(c1)C1=NC2=Nc2c3cc(NC(=NC(C)C)NC(C)C)ccc3c3n2C2CCCC(CC2)n2c(c4ccc(NC(=NC(C)C)NC(C)C)cc4c2=NC2N=C(N3)c3cc(NC(=NC(C)C)NC(C)C)ccc32)=N1)NC(C)C. The second-order valence-corrected chi connectivity index (χ2v) is 26.0. The van der Waals surface area contributed by atoms with Gasteiger partial charge < -0.3 is 57.0 Å². The number of hydrogen-bond donors (Lipinski definition) is 9. The summed E-state index contributed by atoms with van der Waals surface area (Å²) in [5, 5.41) is 36.8. The smallest absolute Gasteiger partial charge is 0.196 e. The Morgan fingerprint density at radius 1 is 0.437 bits per heavy atom. The maximum Gasteiger partial charge on any atom is 0.196 e. The van der Waals surface area contributed by atoms with Crippen molar-refractivity contribution in [3.63, 3.8) is 0 Å². The molecule has 3 atom stereocenters. The van der Waals surface area contributed by atoms with Gasteiger partial charge in [0.25, 0.3) is 0 Å². The van der Waals surface area contributed by atoms with Gasteiger partial charge >= 0.3 is 0 Å². The number of hydrogen-bond acceptors (Lipinski definition) is 10. The molecule has 1 aliphatic carbocycles. The molecule has 1 saturated carbocycles. The van der Waals surface area contributed by atoms with Crippen molar-refractivity contribution in [3.8, 4) is 0 Å². The van der Waals surface area contributed by atoms with Crippen molar-refractivity contribution in [1.29, 1.82) is 0 Å². The van der Waals surface area contributed by atoms with Crippen LogP contribution < -0.4 is 58.8 Å². The molecule has 4 aromatic carbocycles. The summed E-state index contributed by atoms with van der Waals surface area (Å²) < 4.78 is 4.92. The third-order valence-corrected chi connectivity index (χ3v) is 15.3. The summed E-state index contributed by atoms with van der Waals surface area (Å²) in [6.07, 6.45) is 3.89. The number of anilines is 5. The zero-order chi connectivity index (χ0) is 61.5. The van der Waals surface area contributed by atoms with Gasteiger partial charge in [0, 0.05) is 127 Å². The summed E-state index contributed by atoms with van der Waals surface area (Å²) in [6.45, 7) is 33.7. The molecule has 1 fully saturated rings. The highest BCUT2D eigenvalue weighted by atomic mass is 15.3. The van der Waals surface area contributed by atoms with Gasteiger partial charge in [-0.05, 0) is 210 Å². The average Bonchev–Trinajstić information content (AvgIpc) is 1.59. The summed E-state index contributed by atoms with van der Waals surface area (Å²) in [5.74, 6) is 6.37. The quantitative estimate of drug-likeness (QED) is 0.0419. The lowest BCUT2D eigenvalue weighted by molar-refractivity contribution is 0.404. The second kappa shape index (κ2) is 25.0. The number of amidine groups is 3. The highest BCUT2D eigenvalue weighted by Gasteiger charge is 2.35. The van der Waals surface area contributed by atoms with E-state index in [4.69, 9.17) is 44.9 Å². The van der Waals surface area contributed by atoms with Crippen LogP contribution >= 0.6 is 0 Å². The van der Waals surface area contributed by atoms with E-state index in [2.05, 4.69) is 241 Å². The number of guanidine groups is 4. The normalized spacial score (nSPS) is 18.4. The molecule has 9 N–H and O–H groups in total. The summed E-state index contributed by atoms with van der Waals surface area (Å²) in [5.41, 5.74) is 8.74. The van der Waals surface area contributed by atoms with Gasteiger partial charge in [-0.1, -0.05) is 6.07 Å². The van der Waals surface area contributed by atoms with Crippen LogP contribution in [0.25, 0.3) is 21.5 Å². The van der Waals surface area contributed by atoms with Gasteiger partial charge in [0.15, 0.2) is 41.7 Å². The molecule has 458 valence electrons. The van der Waals surface area contributed by atoms with Crippen molar-refractivity contribution in [2.45, 2.75) is 209 Å². The summed E-state index contributed by atoms with van der Waals surface area (Å²) in [6, 6.07) is 26.9. The molecule has 3 unspecified atom stereocenters. The molecule has 5 aliphatic rings. The van der Waals surface area contributed by atoms with E-state index in [1.165, 1.54) is 0 Å². The molecule has 6 aromatic rings. The topological polar surface area (TPSA) is 229 Å². The van der Waals surface area contributed by atoms with Crippen molar-refractivity contribution in [3.05, 3.63) is 106 Å². The van der Waals surface area contributed by atoms with Gasteiger partial charge in [-0.3, -0.25) is 20.0 Å². The predicted octanol–water partition coefficient (Wildman–Crippen LogP) is 12.0. The number of rotatable bonds is 12. The van der Waals surface area contributed by atoms with E-state index in [9.17, 15) is 0 Å². The van der Waals surface area contributed by atoms with Gasteiger partial charge in [-0.25, -0.2) is 25.0 Å². The van der Waals surface area contributed by atoms with Crippen molar-refractivity contribution in [2.24, 2.45) is 44.9 Å². The summed E-state index contributed by atoms with van der Waals surface area (Å²) in [4.78, 5) is 48.8. The Kier molecular flexibility index (Phi) is 17.3. The van der Waals surface area contributed by atoms with E-state index < -0.39 is 6.17 Å². The fourth-order valence-electron chi connectivity index (χ4n) is 12.2. The Balaban J connectivity index is 1.23. The van der Waals surface area contributed by atoms with E-state index in [-0.39, 0.29) is 60.4 Å². The van der Waals surface area contributed by atoms with Crippen LogP contribution in [0.5, 0.6) is 0 Å². The average molecular weight is 1180 g/mol. The van der Waals surface area contributed by atoms with Crippen molar-refractivity contribution < 1.29 is 0 Å². The van der Waals surface area contributed by atoms with Crippen molar-refractivity contribution >= 4 is 97.3 Å². The van der Waals surface area contributed by atoms with Gasteiger partial charge in [0.05, 0.1) is 0 Å². The zero-order valence-electron chi connectivity index (χ0n) is 53.7. The number of fused-ring (bicyclic) bond motifs is 14. The Morgan fingerprint density at radius 2 is 0.897 bits per heavy atom. The van der Waals surface area contributed by atoms with Crippen LogP contribution in [0.2, 0.25) is 0 Å². The van der Waals surface area contributed by atoms with Crippen LogP contribution in [0.15, 0.2) is 118 Å². The largest absolute Gasteiger partial charge is 0.354 e. The summed E-state index contributed by atoms with van der Waals surface area (Å²) >= 11 is 0. The number of aliphatic imine (C=N–C) groups is 7. The Bertz CT molecular complexity index is 3950. The lowest BCUT2D eigenvalue weighted by Crippen LogP contribution is -2.36. The van der Waals surface area contributed by atoms with E-state index in [1.54, 1.807) is 0 Å². The molecule has 20 heteroatoms. The zero-order valence-corrected chi connectivity index (χ0v) is 53.7. The van der Waals surface area contributed by atoms with Gasteiger partial charge in [0.2, 0.25) is 0 Å². The van der Waals surface area contributed by atoms with Gasteiger partial charge in [-0.2, -0.15) is 0 Å². The first-order chi connectivity index (χ1) is 41.6. The molecule has 2 aromatic heterocycles. The minimum absolute atomic E-state index is 0.0149. The molecule has 87 heavy (non-hydrogen) atoms. The van der Waals surface area contributed by atoms with Crippen LogP contribution in [0.3, 0.4) is 0 Å². The van der Waals surface area contributed by atoms with Crippen LogP contribution in [-0.2, 0) is 0 Å². The fourth-order valence-corrected chi connectivity index (χ4v) is 12.2. The Labute approximate surface area is 512 Å². The molecular formula is C67H90N20. The van der Waals surface area contributed by atoms with Crippen LogP contribution in [-0.4, -0.2) is 98.8 Å². The number of aromatic nitrogens is 2. The maximum absolute atomic E-state index is 5.93. The Morgan fingerprint density at radius 3 is 1.43 bits per heavy atom. The van der Waals surface area contributed by atoms with E-state index in [1.807, 2.05) is 0 Å². The third kappa shape index (κ3) is 13.2. The minimum Gasteiger partial charge on any atom is -0.354 e. The molecule has 8 bridgehead atoms. The summed E-state index contributed by atoms with van der Waals surface area (Å²) in [7, 11) is 0. The molecule has 11 rings (SSSR count). The van der Waals surface area contributed by atoms with Crippen molar-refractivity contribution in [2.75, 3.05) is 26.6 Å². The second-order valence-electron chi connectivity index (χ2n) is 26.0. The predicted molar refractivity (Wildman–Crippen MR) is 364 cm³/mol. The molecular weight excluding hydrogens is 1080 g/mol. The molecule has 0 spiro atoms. The Hall–Kier alpha value is -8.55. The number of benzene rings is 4. The monoisotopic (exact) mass is 1170 g/mol. The van der Waals surface area contributed by atoms with Gasteiger partial charge in [-0.15, -0.1) is 0 Å². The molecule has 6 heterocycles. The van der Waals surface area contributed by atoms with E-state index in [0.717, 1.165) is 121 Å². The van der Waals surface area contributed by atoms with Crippen LogP contribution in [0.1, 0.15) is 183 Å². The first-order valence-electron chi connectivity index (χ1n) is 31.7. The standard InChI is InChI=1S/C67H90N20/c1-34(2)68-64(69-35(3)4)76-42-20-26-48-52(30-42)58-80-56(48)82-62-55-33-45(79-67(74-40(13)14)75-41(15)16)23-29-51(55)61-85-59-53-31-43(77-65(70-36(5)6)71-37(7)8)21-27-49(53)57(81-59)83-63-54-32-44(78-66(72-38(9)10)73-39(11)12)22-28-50(54)60(84-58)86(63)46-18-17-19-47(25-24-46)87(61)62/h20-23,26-41,46-47,56H,17-19,24-25H2,1-16H3,(H,80,84)(H2,68,69,76)(H2,70,71,77)(H2,72,73,78)(H2,74,75,79). The molecule has 4 aliphatic heterocycles. The van der Waals surface area contributed by atoms with Crippen LogP contribution in [0.4, 0.5) is 34.4 Å². The fraction of sp³-hybridized carbons (Fsp3) is 0.478.